The molecule has 0 radical (unpaired) electrons. The number of fused-ring (bicyclic) bond motifs is 1. The third-order valence-corrected chi connectivity index (χ3v) is 7.29. The monoisotopic (exact) mass is 502 g/mol. The second-order valence-electron chi connectivity index (χ2n) is 8.83. The van der Waals surface area contributed by atoms with Crippen molar-refractivity contribution in [1.29, 1.82) is 0 Å². The van der Waals surface area contributed by atoms with E-state index in [1.54, 1.807) is 24.3 Å². The van der Waals surface area contributed by atoms with Crippen LogP contribution in [0.3, 0.4) is 0 Å². The van der Waals surface area contributed by atoms with Crippen molar-refractivity contribution in [1.82, 2.24) is 4.98 Å². The van der Waals surface area contributed by atoms with Crippen LogP contribution in [0.15, 0.2) is 72.3 Å². The van der Waals surface area contributed by atoms with E-state index in [-0.39, 0.29) is 16.5 Å². The molecule has 1 unspecified atom stereocenters. The zero-order chi connectivity index (χ0) is 25.6. The number of anilines is 1. The SMILES string of the molecule is COc1ccc(/C(O)=C2\C(=O)C(=O)N(c3nc4ccc(F)cc4s3)C2c2ccc(C(C)C)cc2)cc1. The van der Waals surface area contributed by atoms with Gasteiger partial charge in [0.05, 0.1) is 28.9 Å². The summed E-state index contributed by atoms with van der Waals surface area (Å²) in [5.41, 5.74) is 2.61. The Morgan fingerprint density at radius 2 is 1.75 bits per heavy atom. The van der Waals surface area contributed by atoms with Crippen molar-refractivity contribution in [3.8, 4) is 5.75 Å². The molecule has 1 aliphatic rings. The summed E-state index contributed by atoms with van der Waals surface area (Å²) in [5, 5.41) is 11.5. The number of rotatable bonds is 5. The highest BCUT2D eigenvalue weighted by Crippen LogP contribution is 2.44. The number of carbonyl (C=O) groups is 2. The van der Waals surface area contributed by atoms with E-state index in [0.717, 1.165) is 16.9 Å². The van der Waals surface area contributed by atoms with Crippen molar-refractivity contribution in [3.05, 3.63) is 94.8 Å². The molecule has 4 aromatic rings. The Hall–Kier alpha value is -4.04. The van der Waals surface area contributed by atoms with E-state index in [1.807, 2.05) is 24.3 Å². The molecule has 1 atom stereocenters. The highest BCUT2D eigenvalue weighted by Gasteiger charge is 2.48. The number of nitrogens with zero attached hydrogens (tertiary/aromatic N) is 2. The second-order valence-corrected chi connectivity index (χ2v) is 9.84. The summed E-state index contributed by atoms with van der Waals surface area (Å²) >= 11 is 1.12. The number of benzene rings is 3. The molecular formula is C28H23FN2O4S. The molecule has 0 bridgehead atoms. The van der Waals surface area contributed by atoms with Gasteiger partial charge in [-0.25, -0.2) is 9.37 Å². The molecule has 1 saturated heterocycles. The Bertz CT molecular complexity index is 1510. The van der Waals surface area contributed by atoms with Gasteiger partial charge in [0.2, 0.25) is 0 Å². The number of ether oxygens (including phenoxy) is 1. The third-order valence-electron chi connectivity index (χ3n) is 6.27. The summed E-state index contributed by atoms with van der Waals surface area (Å²) in [5.74, 6) is -1.43. The zero-order valence-corrected chi connectivity index (χ0v) is 20.7. The first-order valence-electron chi connectivity index (χ1n) is 11.4. The van der Waals surface area contributed by atoms with Gasteiger partial charge >= 0.3 is 5.91 Å². The lowest BCUT2D eigenvalue weighted by atomic mass is 9.93. The number of aliphatic hydroxyl groups is 1. The van der Waals surface area contributed by atoms with Gasteiger partial charge in [-0.1, -0.05) is 49.4 Å². The van der Waals surface area contributed by atoms with Crippen LogP contribution in [-0.4, -0.2) is 28.9 Å². The molecule has 1 aliphatic heterocycles. The molecule has 1 N–H and O–H groups in total. The maximum absolute atomic E-state index is 13.8. The lowest BCUT2D eigenvalue weighted by Crippen LogP contribution is -2.29. The minimum Gasteiger partial charge on any atom is -0.507 e. The van der Waals surface area contributed by atoms with Crippen LogP contribution in [-0.2, 0) is 9.59 Å². The Morgan fingerprint density at radius 1 is 1.06 bits per heavy atom. The van der Waals surface area contributed by atoms with E-state index in [2.05, 4.69) is 18.8 Å². The lowest BCUT2D eigenvalue weighted by molar-refractivity contribution is -0.132. The first-order valence-corrected chi connectivity index (χ1v) is 12.2. The molecule has 2 heterocycles. The molecule has 1 fully saturated rings. The summed E-state index contributed by atoms with van der Waals surface area (Å²) in [6.45, 7) is 4.15. The smallest absolute Gasteiger partial charge is 0.301 e. The molecule has 1 amide bonds. The Labute approximate surface area is 211 Å². The summed E-state index contributed by atoms with van der Waals surface area (Å²) in [6.07, 6.45) is 0. The summed E-state index contributed by atoms with van der Waals surface area (Å²) in [7, 11) is 1.53. The molecule has 6 nitrogen and oxygen atoms in total. The van der Waals surface area contributed by atoms with Crippen molar-refractivity contribution >= 4 is 44.1 Å². The third kappa shape index (κ3) is 4.03. The van der Waals surface area contributed by atoms with E-state index in [4.69, 9.17) is 4.74 Å². The Kier molecular flexibility index (Phi) is 6.05. The first kappa shape index (κ1) is 23.7. The van der Waals surface area contributed by atoms with E-state index >= 15 is 0 Å². The molecule has 5 rings (SSSR count). The van der Waals surface area contributed by atoms with Crippen molar-refractivity contribution in [3.63, 3.8) is 0 Å². The van der Waals surface area contributed by atoms with Gasteiger partial charge in [-0.05, 0) is 59.5 Å². The fourth-order valence-corrected chi connectivity index (χ4v) is 5.32. The molecular weight excluding hydrogens is 479 g/mol. The number of hydrogen-bond donors (Lipinski definition) is 1. The van der Waals surface area contributed by atoms with Gasteiger partial charge in [-0.2, -0.15) is 0 Å². The second kappa shape index (κ2) is 9.20. The topological polar surface area (TPSA) is 79.7 Å². The van der Waals surface area contributed by atoms with Crippen molar-refractivity contribution in [2.75, 3.05) is 12.0 Å². The minimum atomic E-state index is -0.904. The van der Waals surface area contributed by atoms with E-state index in [0.29, 0.717) is 33.0 Å². The number of ketones is 1. The average Bonchev–Trinajstić information content (AvgIpc) is 3.41. The molecule has 0 saturated carbocycles. The number of hydrogen-bond acceptors (Lipinski definition) is 6. The maximum Gasteiger partial charge on any atom is 0.301 e. The van der Waals surface area contributed by atoms with Gasteiger partial charge in [0.25, 0.3) is 5.78 Å². The zero-order valence-electron chi connectivity index (χ0n) is 19.9. The van der Waals surface area contributed by atoms with Gasteiger partial charge in [-0.15, -0.1) is 0 Å². The van der Waals surface area contributed by atoms with Crippen LogP contribution < -0.4 is 9.64 Å². The molecule has 0 spiro atoms. The fraction of sp³-hybridized carbons (Fsp3) is 0.179. The number of amides is 1. The minimum absolute atomic E-state index is 0.0344. The maximum atomic E-state index is 13.8. The predicted molar refractivity (Wildman–Crippen MR) is 138 cm³/mol. The van der Waals surface area contributed by atoms with Gasteiger partial charge in [0.15, 0.2) is 5.13 Å². The predicted octanol–water partition coefficient (Wildman–Crippen LogP) is 6.19. The summed E-state index contributed by atoms with van der Waals surface area (Å²) < 4.78 is 19.5. The van der Waals surface area contributed by atoms with Crippen molar-refractivity contribution in [2.24, 2.45) is 0 Å². The summed E-state index contributed by atoms with van der Waals surface area (Å²) in [6, 6.07) is 17.5. The standard InChI is InChI=1S/C28H23FN2O4S/c1-15(2)16-4-6-17(7-5-16)24-23(25(32)18-8-11-20(35-3)12-9-18)26(33)27(34)31(24)28-30-21-13-10-19(29)14-22(21)36-28/h4-15,24,32H,1-3H3/b25-23+. The van der Waals surface area contributed by atoms with Gasteiger partial charge in [0.1, 0.15) is 17.3 Å². The lowest BCUT2D eigenvalue weighted by Gasteiger charge is -2.23. The van der Waals surface area contributed by atoms with Gasteiger partial charge < -0.3 is 9.84 Å². The highest BCUT2D eigenvalue weighted by atomic mass is 32.1. The quantitative estimate of drug-likeness (QED) is 0.200. The Balaban J connectivity index is 1.70. The largest absolute Gasteiger partial charge is 0.507 e. The van der Waals surface area contributed by atoms with Crippen molar-refractivity contribution in [2.45, 2.75) is 25.8 Å². The fourth-order valence-electron chi connectivity index (χ4n) is 4.30. The van der Waals surface area contributed by atoms with E-state index < -0.39 is 23.5 Å². The number of aliphatic hydroxyl groups excluding tert-OH is 1. The summed E-state index contributed by atoms with van der Waals surface area (Å²) in [4.78, 5) is 32.5. The van der Waals surface area contributed by atoms with E-state index in [1.165, 1.54) is 30.2 Å². The van der Waals surface area contributed by atoms with E-state index in [9.17, 15) is 19.1 Å². The number of carbonyl (C=O) groups excluding carboxylic acids is 2. The Morgan fingerprint density at radius 3 is 2.39 bits per heavy atom. The highest BCUT2D eigenvalue weighted by molar-refractivity contribution is 7.22. The van der Waals surface area contributed by atoms with Crippen LogP contribution in [0.5, 0.6) is 5.75 Å². The molecule has 3 aromatic carbocycles. The molecule has 8 heteroatoms. The molecule has 0 aliphatic carbocycles. The van der Waals surface area contributed by atoms with Crippen LogP contribution >= 0.6 is 11.3 Å². The van der Waals surface area contributed by atoms with Crippen LogP contribution in [0, 0.1) is 5.82 Å². The number of thiazole rings is 1. The first-order chi connectivity index (χ1) is 17.3. The van der Waals surface area contributed by atoms with Crippen LogP contribution in [0.2, 0.25) is 0 Å². The number of halogens is 1. The van der Waals surface area contributed by atoms with Crippen LogP contribution in [0.25, 0.3) is 16.0 Å². The van der Waals surface area contributed by atoms with Crippen LogP contribution in [0.1, 0.15) is 42.5 Å². The van der Waals surface area contributed by atoms with Crippen molar-refractivity contribution < 1.29 is 23.8 Å². The average molecular weight is 503 g/mol. The normalized spacial score (nSPS) is 17.4. The number of methoxy groups -OCH3 is 1. The molecule has 182 valence electrons. The number of Topliss-reactive ketones (excluding diaryl/α,β-unsaturated/α-hetero) is 1. The number of aromatic nitrogens is 1. The molecule has 1 aromatic heterocycles. The van der Waals surface area contributed by atoms with Gasteiger partial charge in [0, 0.05) is 5.56 Å². The van der Waals surface area contributed by atoms with Crippen LogP contribution in [0.4, 0.5) is 9.52 Å². The van der Waals surface area contributed by atoms with Gasteiger partial charge in [-0.3, -0.25) is 14.5 Å². The molecule has 36 heavy (non-hydrogen) atoms.